The molecule has 0 aliphatic carbocycles. The van der Waals surface area contributed by atoms with Gasteiger partial charge in [0.25, 0.3) is 0 Å². The first-order valence-electron chi connectivity index (χ1n) is 8.41. The Bertz CT molecular complexity index is 970. The van der Waals surface area contributed by atoms with Crippen LogP contribution < -0.4 is 5.32 Å². The van der Waals surface area contributed by atoms with E-state index in [-0.39, 0.29) is 22.2 Å². The fourth-order valence-corrected chi connectivity index (χ4v) is 4.51. The third-order valence-electron chi connectivity index (χ3n) is 4.47. The first kappa shape index (κ1) is 16.8. The van der Waals surface area contributed by atoms with Crippen LogP contribution in [0.25, 0.3) is 5.69 Å². The summed E-state index contributed by atoms with van der Waals surface area (Å²) in [5.74, 6) is 0.297. The van der Waals surface area contributed by atoms with Crippen LogP contribution in [-0.4, -0.2) is 20.9 Å². The van der Waals surface area contributed by atoms with Crippen molar-refractivity contribution in [2.75, 3.05) is 5.32 Å². The number of thioether (sulfide) groups is 1. The van der Waals surface area contributed by atoms with Crippen LogP contribution in [0, 0.1) is 12.7 Å². The van der Waals surface area contributed by atoms with E-state index in [9.17, 15) is 9.18 Å². The number of aromatic nitrogens is 2. The molecule has 1 N–H and O–H groups in total. The van der Waals surface area contributed by atoms with E-state index in [0.717, 1.165) is 22.5 Å². The number of halogens is 1. The molecule has 0 radical (unpaired) electrons. The standard InChI is InChI=1S/C20H18FN3OS/c1-12-17-18(14-7-6-8-15(21)11-14)26-13(2)20(25)22-19(17)24(23-12)16-9-4-3-5-10-16/h3-11,13,18H,1-2H3,(H,22,25)/t13-,18-/m0/s1. The largest absolute Gasteiger partial charge is 0.309 e. The number of nitrogens with zero attached hydrogens (tertiary/aromatic N) is 2. The van der Waals surface area contributed by atoms with Gasteiger partial charge >= 0.3 is 0 Å². The van der Waals surface area contributed by atoms with E-state index in [1.807, 2.05) is 50.2 Å². The topological polar surface area (TPSA) is 46.9 Å². The number of benzene rings is 2. The summed E-state index contributed by atoms with van der Waals surface area (Å²) in [6.07, 6.45) is 0. The minimum absolute atomic E-state index is 0.0766. The van der Waals surface area contributed by atoms with Crippen LogP contribution in [0.4, 0.5) is 10.2 Å². The lowest BCUT2D eigenvalue weighted by molar-refractivity contribution is -0.115. The lowest BCUT2D eigenvalue weighted by Gasteiger charge is -2.17. The predicted octanol–water partition coefficient (Wildman–Crippen LogP) is 4.48. The second-order valence-electron chi connectivity index (χ2n) is 6.30. The van der Waals surface area contributed by atoms with Gasteiger partial charge in [-0.1, -0.05) is 30.3 Å². The molecule has 0 saturated carbocycles. The van der Waals surface area contributed by atoms with E-state index in [4.69, 9.17) is 0 Å². The van der Waals surface area contributed by atoms with Gasteiger partial charge in [-0.15, -0.1) is 11.8 Å². The zero-order valence-corrected chi connectivity index (χ0v) is 15.3. The quantitative estimate of drug-likeness (QED) is 0.726. The lowest BCUT2D eigenvalue weighted by atomic mass is 10.0. The summed E-state index contributed by atoms with van der Waals surface area (Å²) < 4.78 is 15.6. The van der Waals surface area contributed by atoms with Crippen molar-refractivity contribution in [2.45, 2.75) is 24.3 Å². The van der Waals surface area contributed by atoms with Crippen LogP contribution >= 0.6 is 11.8 Å². The van der Waals surface area contributed by atoms with Gasteiger partial charge in [-0.3, -0.25) is 4.79 Å². The minimum Gasteiger partial charge on any atom is -0.309 e. The molecule has 1 aliphatic heterocycles. The van der Waals surface area contributed by atoms with Crippen molar-refractivity contribution in [2.24, 2.45) is 0 Å². The number of para-hydroxylation sites is 1. The van der Waals surface area contributed by atoms with Crippen molar-refractivity contribution in [1.29, 1.82) is 0 Å². The highest BCUT2D eigenvalue weighted by atomic mass is 32.2. The number of carbonyl (C=O) groups excluding carboxylic acids is 1. The second kappa shape index (κ2) is 6.61. The van der Waals surface area contributed by atoms with E-state index in [2.05, 4.69) is 10.4 Å². The fraction of sp³-hybridized carbons (Fsp3) is 0.200. The Morgan fingerprint density at radius 3 is 2.65 bits per heavy atom. The molecule has 4 rings (SSSR count). The van der Waals surface area contributed by atoms with Crippen molar-refractivity contribution < 1.29 is 9.18 Å². The first-order chi connectivity index (χ1) is 12.5. The average Bonchev–Trinajstić information content (AvgIpc) is 2.88. The molecule has 0 unspecified atom stereocenters. The zero-order chi connectivity index (χ0) is 18.3. The normalized spacial score (nSPS) is 19.6. The summed E-state index contributed by atoms with van der Waals surface area (Å²) >= 11 is 1.51. The van der Waals surface area contributed by atoms with Gasteiger partial charge in [-0.05, 0) is 43.7 Å². The SMILES string of the molecule is Cc1nn(-c2ccccc2)c2c1[C@H](c1cccc(F)c1)S[C@@H](C)C(=O)N2. The molecule has 4 nitrogen and oxygen atoms in total. The summed E-state index contributed by atoms with van der Waals surface area (Å²) in [4.78, 5) is 12.6. The van der Waals surface area contributed by atoms with E-state index in [0.29, 0.717) is 5.82 Å². The third kappa shape index (κ3) is 2.90. The van der Waals surface area contributed by atoms with Crippen molar-refractivity contribution >= 4 is 23.5 Å². The van der Waals surface area contributed by atoms with Crippen molar-refractivity contribution in [3.63, 3.8) is 0 Å². The third-order valence-corrected chi connectivity index (χ3v) is 5.87. The molecule has 2 aromatic carbocycles. The second-order valence-corrected chi connectivity index (χ2v) is 7.75. The zero-order valence-electron chi connectivity index (χ0n) is 14.4. The Kier molecular flexibility index (Phi) is 4.28. The Morgan fingerprint density at radius 2 is 1.92 bits per heavy atom. The highest BCUT2D eigenvalue weighted by molar-refractivity contribution is 8.01. The number of nitrogens with one attached hydrogen (secondary N) is 1. The van der Waals surface area contributed by atoms with Gasteiger partial charge in [-0.2, -0.15) is 5.10 Å². The number of carbonyl (C=O) groups is 1. The van der Waals surface area contributed by atoms with E-state index < -0.39 is 0 Å². The van der Waals surface area contributed by atoms with Gasteiger partial charge in [0.05, 0.1) is 21.9 Å². The monoisotopic (exact) mass is 367 g/mol. The van der Waals surface area contributed by atoms with Crippen LogP contribution in [0.5, 0.6) is 0 Å². The molecule has 1 amide bonds. The molecule has 2 heterocycles. The van der Waals surface area contributed by atoms with Crippen LogP contribution in [0.1, 0.15) is 29.0 Å². The number of anilines is 1. The molecule has 3 aromatic rings. The molecule has 1 aliphatic rings. The predicted molar refractivity (Wildman–Crippen MR) is 102 cm³/mol. The number of aryl methyl sites for hydroxylation is 1. The summed E-state index contributed by atoms with van der Waals surface area (Å²) in [7, 11) is 0. The molecule has 2 atom stereocenters. The molecule has 26 heavy (non-hydrogen) atoms. The van der Waals surface area contributed by atoms with E-state index >= 15 is 0 Å². The summed E-state index contributed by atoms with van der Waals surface area (Å²) in [6.45, 7) is 3.79. The maximum atomic E-state index is 13.8. The van der Waals surface area contributed by atoms with Crippen LogP contribution in [0.15, 0.2) is 54.6 Å². The van der Waals surface area contributed by atoms with Crippen LogP contribution in [0.2, 0.25) is 0 Å². The van der Waals surface area contributed by atoms with Gasteiger partial charge in [0, 0.05) is 5.56 Å². The van der Waals surface area contributed by atoms with E-state index in [1.54, 1.807) is 10.7 Å². The summed E-state index contributed by atoms with van der Waals surface area (Å²) in [5, 5.41) is 7.24. The van der Waals surface area contributed by atoms with Crippen molar-refractivity contribution in [3.8, 4) is 5.69 Å². The minimum atomic E-state index is -0.283. The highest BCUT2D eigenvalue weighted by Crippen LogP contribution is 2.46. The smallest absolute Gasteiger partial charge is 0.238 e. The van der Waals surface area contributed by atoms with Crippen molar-refractivity contribution in [3.05, 3.63) is 77.2 Å². The molecule has 0 saturated heterocycles. The maximum Gasteiger partial charge on any atom is 0.238 e. The molecule has 132 valence electrons. The van der Waals surface area contributed by atoms with E-state index in [1.165, 1.54) is 23.9 Å². The van der Waals surface area contributed by atoms with Crippen LogP contribution in [0.3, 0.4) is 0 Å². The molecule has 1 aromatic heterocycles. The van der Waals surface area contributed by atoms with Crippen molar-refractivity contribution in [1.82, 2.24) is 9.78 Å². The van der Waals surface area contributed by atoms with Gasteiger partial charge in [-0.25, -0.2) is 9.07 Å². The average molecular weight is 367 g/mol. The Hall–Kier alpha value is -2.60. The maximum absolute atomic E-state index is 13.8. The number of hydrogen-bond acceptors (Lipinski definition) is 3. The van der Waals surface area contributed by atoms with Crippen LogP contribution in [-0.2, 0) is 4.79 Å². The van der Waals surface area contributed by atoms with Gasteiger partial charge in [0.1, 0.15) is 11.6 Å². The van der Waals surface area contributed by atoms with Gasteiger partial charge < -0.3 is 5.32 Å². The number of hydrogen-bond donors (Lipinski definition) is 1. The molecule has 6 heteroatoms. The molecular weight excluding hydrogens is 349 g/mol. The Morgan fingerprint density at radius 1 is 1.15 bits per heavy atom. The lowest BCUT2D eigenvalue weighted by Crippen LogP contribution is -2.22. The molecule has 0 bridgehead atoms. The number of rotatable bonds is 2. The molecule has 0 spiro atoms. The fourth-order valence-electron chi connectivity index (χ4n) is 3.20. The molecule has 0 fully saturated rings. The molecular formula is C20H18FN3OS. The first-order valence-corrected chi connectivity index (χ1v) is 9.35. The highest BCUT2D eigenvalue weighted by Gasteiger charge is 2.34. The summed E-state index contributed by atoms with van der Waals surface area (Å²) in [6, 6.07) is 16.2. The number of fused-ring (bicyclic) bond motifs is 1. The number of amides is 1. The Balaban J connectivity index is 1.92. The summed E-state index contributed by atoms with van der Waals surface area (Å²) in [5.41, 5.74) is 3.44. The van der Waals surface area contributed by atoms with Gasteiger partial charge in [0.15, 0.2) is 0 Å². The van der Waals surface area contributed by atoms with Gasteiger partial charge in [0.2, 0.25) is 5.91 Å². The Labute approximate surface area is 155 Å².